The summed E-state index contributed by atoms with van der Waals surface area (Å²) in [6, 6.07) is 21.6. The largest absolute Gasteiger partial charge is 0.484 e. The fourth-order valence-electron chi connectivity index (χ4n) is 7.41. The minimum Gasteiger partial charge on any atom is -0.484 e. The van der Waals surface area contributed by atoms with E-state index in [4.69, 9.17) is 29.3 Å². The van der Waals surface area contributed by atoms with Crippen molar-refractivity contribution in [2.45, 2.75) is 70.1 Å². The summed E-state index contributed by atoms with van der Waals surface area (Å²) in [4.78, 5) is 30.6. The second-order valence-corrected chi connectivity index (χ2v) is 15.1. The molecule has 0 spiro atoms. The summed E-state index contributed by atoms with van der Waals surface area (Å²) < 4.78 is 16.0. The number of hydrogen-bond acceptors (Lipinski definition) is 10. The smallest absolute Gasteiger partial charge is 0.320 e. The van der Waals surface area contributed by atoms with Crippen molar-refractivity contribution >= 4 is 24.0 Å². The molecule has 0 unspecified atom stereocenters. The van der Waals surface area contributed by atoms with Crippen LogP contribution in [0.5, 0.6) is 11.5 Å². The Kier molecular flexibility index (Phi) is 11.3. The van der Waals surface area contributed by atoms with Gasteiger partial charge in [0.2, 0.25) is 0 Å². The number of morpholine rings is 1. The molecule has 2 amide bonds. The highest BCUT2D eigenvalue weighted by molar-refractivity contribution is 5.89. The number of nitrogens with zero attached hydrogens (tertiary/aromatic N) is 7. The molecule has 1 aliphatic carbocycles. The number of nitrogens with one attached hydrogen (secondary N) is 2. The standard InChI is InChI=1S/C39H47N9O4.CH2O2/c1-39(2,3)34-24-36(48(44-34)26-9-7-10-27(23-26)52-46-19-21-50-22-20-46)41-38(49)40-31-15-16-33(30-12-6-5-11-29(30)31)51-28-14-17-35-42-43-37(47(35)25-28)32-13-8-18-45(32)4;2-1-3/h5-7,9-12,14,17,23-25,31-33H,8,13,15-16,18-22H2,1-4H3,(H2,40,41,49);1H,(H,2,3)/t31-,32-,33+;/m0./s1. The molecule has 3 aromatic heterocycles. The lowest BCUT2D eigenvalue weighted by molar-refractivity contribution is -0.122. The first-order valence-corrected chi connectivity index (χ1v) is 18.8. The summed E-state index contributed by atoms with van der Waals surface area (Å²) in [5, 5.41) is 29.0. The highest BCUT2D eigenvalue weighted by Crippen LogP contribution is 2.39. The van der Waals surface area contributed by atoms with E-state index in [2.05, 4.69) is 70.1 Å². The van der Waals surface area contributed by atoms with Crippen molar-refractivity contribution in [3.8, 4) is 17.2 Å². The van der Waals surface area contributed by atoms with E-state index in [-0.39, 0.29) is 36.1 Å². The van der Waals surface area contributed by atoms with Gasteiger partial charge < -0.3 is 24.7 Å². The van der Waals surface area contributed by atoms with Crippen LogP contribution >= 0.6 is 0 Å². The monoisotopic (exact) mass is 751 g/mol. The van der Waals surface area contributed by atoms with Crippen LogP contribution in [0.2, 0.25) is 0 Å². The molecule has 2 aliphatic heterocycles. The highest BCUT2D eigenvalue weighted by Gasteiger charge is 2.31. The van der Waals surface area contributed by atoms with Gasteiger partial charge in [-0.25, -0.2) is 9.48 Å². The zero-order valence-corrected chi connectivity index (χ0v) is 31.7. The molecule has 0 radical (unpaired) electrons. The van der Waals surface area contributed by atoms with E-state index in [1.165, 1.54) is 0 Å². The third-order valence-corrected chi connectivity index (χ3v) is 10.2. The van der Waals surface area contributed by atoms with Gasteiger partial charge in [-0.2, -0.15) is 5.10 Å². The molecule has 55 heavy (non-hydrogen) atoms. The maximum atomic E-state index is 13.7. The number of urea groups is 1. The molecule has 0 bridgehead atoms. The number of carbonyl (C=O) groups is 2. The topological polar surface area (TPSA) is 161 Å². The number of anilines is 1. The van der Waals surface area contributed by atoms with E-state index in [0.717, 1.165) is 72.0 Å². The third kappa shape index (κ3) is 8.58. The van der Waals surface area contributed by atoms with Crippen molar-refractivity contribution in [2.75, 3.05) is 45.2 Å². The molecule has 15 nitrogen and oxygen atoms in total. The number of benzene rings is 2. The Morgan fingerprint density at radius 2 is 1.73 bits per heavy atom. The zero-order valence-electron chi connectivity index (χ0n) is 31.7. The molecule has 5 heterocycles. The molecule has 2 fully saturated rings. The van der Waals surface area contributed by atoms with E-state index in [0.29, 0.717) is 37.9 Å². The maximum Gasteiger partial charge on any atom is 0.320 e. The van der Waals surface area contributed by atoms with Crippen LogP contribution in [0.1, 0.15) is 87.3 Å². The normalized spacial score (nSPS) is 20.3. The highest BCUT2D eigenvalue weighted by atomic mass is 16.7. The Labute approximate surface area is 320 Å². The lowest BCUT2D eigenvalue weighted by Crippen LogP contribution is -2.38. The van der Waals surface area contributed by atoms with Gasteiger partial charge in [0.1, 0.15) is 23.4 Å². The fraction of sp³-hybridized carbons (Fsp3) is 0.425. The van der Waals surface area contributed by atoms with Crippen molar-refractivity contribution in [3.05, 3.63) is 95.6 Å². The first kappa shape index (κ1) is 37.8. The molecular weight excluding hydrogens is 702 g/mol. The molecule has 3 N–H and O–H groups in total. The number of carbonyl (C=O) groups excluding carboxylic acids is 1. The van der Waals surface area contributed by atoms with Crippen molar-refractivity contribution < 1.29 is 29.0 Å². The second-order valence-electron chi connectivity index (χ2n) is 15.1. The molecule has 3 atom stereocenters. The Hall–Kier alpha value is -5.51. The van der Waals surface area contributed by atoms with Gasteiger partial charge in [-0.3, -0.25) is 19.4 Å². The van der Waals surface area contributed by atoms with Crippen molar-refractivity contribution in [1.29, 1.82) is 0 Å². The first-order valence-electron chi connectivity index (χ1n) is 18.8. The minimum atomic E-state index is -0.302. The molecule has 2 aromatic carbocycles. The first-order chi connectivity index (χ1) is 26.6. The molecule has 2 saturated heterocycles. The van der Waals surface area contributed by atoms with Gasteiger partial charge in [0.25, 0.3) is 6.47 Å². The van der Waals surface area contributed by atoms with Gasteiger partial charge in [-0.05, 0) is 74.7 Å². The van der Waals surface area contributed by atoms with Crippen LogP contribution in [0, 0.1) is 0 Å². The van der Waals surface area contributed by atoms with E-state index in [9.17, 15) is 4.79 Å². The number of hydrogen-bond donors (Lipinski definition) is 3. The van der Waals surface area contributed by atoms with Gasteiger partial charge in [-0.1, -0.05) is 51.1 Å². The van der Waals surface area contributed by atoms with Crippen LogP contribution in [0.4, 0.5) is 10.6 Å². The van der Waals surface area contributed by atoms with E-state index >= 15 is 0 Å². The predicted octanol–water partition coefficient (Wildman–Crippen LogP) is 6.08. The number of carboxylic acid groups (broad SMARTS) is 1. The Bertz CT molecular complexity index is 2100. The van der Waals surface area contributed by atoms with Gasteiger partial charge in [0.05, 0.1) is 56.0 Å². The SMILES string of the molecule is CN1CCC[C@H]1c1nnc2ccc(O[C@@H]3CC[C@H](NC(=O)Nc4cc(C(C)(C)C)nn4-c4cccc(ON5CCOCC5)c4)c4ccccc43)cn12.O=CO. The average molecular weight is 752 g/mol. The summed E-state index contributed by atoms with van der Waals surface area (Å²) >= 11 is 0. The summed E-state index contributed by atoms with van der Waals surface area (Å²) in [6.45, 7) is 9.79. The van der Waals surface area contributed by atoms with Crippen molar-refractivity contribution in [1.82, 2.24) is 39.7 Å². The van der Waals surface area contributed by atoms with Crippen LogP contribution in [0.25, 0.3) is 11.3 Å². The van der Waals surface area contributed by atoms with Gasteiger partial charge >= 0.3 is 6.03 Å². The zero-order chi connectivity index (χ0) is 38.5. The summed E-state index contributed by atoms with van der Waals surface area (Å²) in [5.41, 5.74) is 4.33. The number of aromatic nitrogens is 5. The van der Waals surface area contributed by atoms with Crippen LogP contribution in [0.3, 0.4) is 0 Å². The molecule has 15 heteroatoms. The molecule has 0 saturated carbocycles. The van der Waals surface area contributed by atoms with Gasteiger partial charge in [0, 0.05) is 17.5 Å². The Balaban J connectivity index is 0.00000150. The number of amides is 2. The number of rotatable bonds is 8. The van der Waals surface area contributed by atoms with Crippen LogP contribution < -0.4 is 20.2 Å². The Morgan fingerprint density at radius 3 is 2.47 bits per heavy atom. The van der Waals surface area contributed by atoms with Gasteiger partial charge in [-0.15, -0.1) is 15.3 Å². The molecule has 290 valence electrons. The lowest BCUT2D eigenvalue weighted by atomic mass is 9.85. The Morgan fingerprint density at radius 1 is 0.945 bits per heavy atom. The maximum absolute atomic E-state index is 13.7. The third-order valence-electron chi connectivity index (χ3n) is 10.2. The van der Waals surface area contributed by atoms with Crippen LogP contribution in [-0.4, -0.2) is 91.8 Å². The van der Waals surface area contributed by atoms with E-state index in [1.807, 2.05) is 65.9 Å². The molecule has 5 aromatic rings. The van der Waals surface area contributed by atoms with E-state index in [1.54, 1.807) is 4.68 Å². The molecule has 8 rings (SSSR count). The number of fused-ring (bicyclic) bond motifs is 2. The van der Waals surface area contributed by atoms with Crippen LogP contribution in [0.15, 0.2) is 72.9 Å². The number of pyridine rings is 1. The number of hydroxylamine groups is 2. The average Bonchev–Trinajstić information content (AvgIpc) is 3.91. The summed E-state index contributed by atoms with van der Waals surface area (Å²) in [5.74, 6) is 2.98. The predicted molar refractivity (Wildman–Crippen MR) is 206 cm³/mol. The number of likely N-dealkylation sites (tertiary alicyclic amines) is 1. The van der Waals surface area contributed by atoms with Crippen molar-refractivity contribution in [2.24, 2.45) is 0 Å². The lowest BCUT2D eigenvalue weighted by Gasteiger charge is -2.32. The second kappa shape index (κ2) is 16.5. The van der Waals surface area contributed by atoms with E-state index < -0.39 is 0 Å². The fourth-order valence-corrected chi connectivity index (χ4v) is 7.41. The summed E-state index contributed by atoms with van der Waals surface area (Å²) in [7, 11) is 2.14. The van der Waals surface area contributed by atoms with Crippen molar-refractivity contribution in [3.63, 3.8) is 0 Å². The molecular formula is C40H49N9O6. The summed E-state index contributed by atoms with van der Waals surface area (Å²) in [6.07, 6.45) is 5.53. The van der Waals surface area contributed by atoms with Crippen LogP contribution in [-0.2, 0) is 14.9 Å². The number of ether oxygens (including phenoxy) is 2. The molecule has 3 aliphatic rings. The van der Waals surface area contributed by atoms with Gasteiger partial charge in [0.15, 0.2) is 11.5 Å². The quantitative estimate of drug-likeness (QED) is 0.158. The minimum absolute atomic E-state index is 0.161.